The molecule has 2 aromatic rings. The number of carboxylic acids is 1. The molecule has 6 nitrogen and oxygen atoms in total. The summed E-state index contributed by atoms with van der Waals surface area (Å²) >= 11 is 0. The van der Waals surface area contributed by atoms with Crippen LogP contribution in [0.3, 0.4) is 0 Å². The lowest BCUT2D eigenvalue weighted by molar-refractivity contribution is -0.148. The number of rotatable bonds is 7. The van der Waals surface area contributed by atoms with Crippen LogP contribution in [0.5, 0.6) is 5.75 Å². The van der Waals surface area contributed by atoms with E-state index in [0.29, 0.717) is 5.69 Å². The summed E-state index contributed by atoms with van der Waals surface area (Å²) in [7, 11) is 0. The number of halogens is 1. The van der Waals surface area contributed by atoms with Gasteiger partial charge in [0.15, 0.2) is 11.6 Å². The fourth-order valence-electron chi connectivity index (χ4n) is 2.01. The normalized spacial score (nSPS) is 11.0. The van der Waals surface area contributed by atoms with E-state index >= 15 is 0 Å². The smallest absolute Gasteiger partial charge is 0.309 e. The molecule has 1 amide bonds. The molecule has 2 rings (SSSR count). The van der Waals surface area contributed by atoms with Crippen molar-refractivity contribution in [1.29, 1.82) is 0 Å². The number of anilines is 1. The highest BCUT2D eigenvalue weighted by molar-refractivity contribution is 5.94. The van der Waals surface area contributed by atoms with E-state index in [9.17, 15) is 14.0 Å². The maximum atomic E-state index is 14.1. The molecule has 0 fully saturated rings. The highest BCUT2D eigenvalue weighted by Crippen LogP contribution is 2.24. The first-order valence-corrected chi connectivity index (χ1v) is 7.63. The van der Waals surface area contributed by atoms with Gasteiger partial charge in [-0.25, -0.2) is 4.39 Å². The molecule has 25 heavy (non-hydrogen) atoms. The average molecular weight is 346 g/mol. The summed E-state index contributed by atoms with van der Waals surface area (Å²) in [6.07, 6.45) is 1.40. The Balaban J connectivity index is 1.97. The summed E-state index contributed by atoms with van der Waals surface area (Å²) in [5.41, 5.74) is -0.307. The largest absolute Gasteiger partial charge is 0.484 e. The highest BCUT2D eigenvalue weighted by Gasteiger charge is 2.30. The molecule has 1 aromatic carbocycles. The Morgan fingerprint density at radius 2 is 2.04 bits per heavy atom. The molecule has 0 aliphatic rings. The number of carbonyl (C=O) groups is 2. The van der Waals surface area contributed by atoms with Crippen LogP contribution in [0.4, 0.5) is 10.1 Å². The van der Waals surface area contributed by atoms with Gasteiger partial charge in [0.25, 0.3) is 0 Å². The van der Waals surface area contributed by atoms with Gasteiger partial charge in [-0.3, -0.25) is 14.6 Å². The molecule has 0 radical (unpaired) electrons. The molecule has 1 heterocycles. The Bertz CT molecular complexity index is 763. The first-order chi connectivity index (χ1) is 11.8. The van der Waals surface area contributed by atoms with Crippen molar-refractivity contribution in [3.05, 3.63) is 54.1 Å². The van der Waals surface area contributed by atoms with Crippen LogP contribution in [0.2, 0.25) is 0 Å². The van der Waals surface area contributed by atoms with Crippen molar-refractivity contribution >= 4 is 17.6 Å². The number of amides is 1. The number of carbonyl (C=O) groups excluding carboxylic acids is 1. The van der Waals surface area contributed by atoms with E-state index in [1.54, 1.807) is 24.4 Å². The number of hydrogen-bond acceptors (Lipinski definition) is 4. The third-order valence-electron chi connectivity index (χ3n) is 3.50. The molecule has 0 saturated carbocycles. The Labute approximate surface area is 144 Å². The molecule has 0 aliphatic heterocycles. The van der Waals surface area contributed by atoms with Crippen LogP contribution < -0.4 is 10.1 Å². The maximum absolute atomic E-state index is 14.1. The highest BCUT2D eigenvalue weighted by atomic mass is 19.1. The van der Waals surface area contributed by atoms with E-state index in [1.165, 1.54) is 26.0 Å². The summed E-state index contributed by atoms with van der Waals surface area (Å²) in [6, 6.07) is 9.35. The number of aliphatic carboxylic acids is 1. The van der Waals surface area contributed by atoms with E-state index < -0.39 is 23.1 Å². The summed E-state index contributed by atoms with van der Waals surface area (Å²) in [4.78, 5) is 27.0. The third-order valence-corrected chi connectivity index (χ3v) is 3.50. The molecule has 0 atom stereocenters. The Kier molecular flexibility index (Phi) is 5.69. The molecule has 2 N–H and O–H groups in total. The maximum Gasteiger partial charge on any atom is 0.309 e. The second-order valence-corrected chi connectivity index (χ2v) is 6.17. The van der Waals surface area contributed by atoms with Crippen LogP contribution in [0.15, 0.2) is 42.6 Å². The third kappa shape index (κ3) is 5.27. The van der Waals surface area contributed by atoms with E-state index in [1.807, 2.05) is 0 Å². The van der Waals surface area contributed by atoms with Gasteiger partial charge in [0.05, 0.1) is 11.1 Å². The Morgan fingerprint density at radius 3 is 2.64 bits per heavy atom. The molecular weight excluding hydrogens is 327 g/mol. The van der Waals surface area contributed by atoms with Crippen molar-refractivity contribution in [2.75, 3.05) is 5.32 Å². The molecule has 0 bridgehead atoms. The lowest BCUT2D eigenvalue weighted by atomic mass is 9.89. The van der Waals surface area contributed by atoms with Crippen LogP contribution in [0.1, 0.15) is 26.0 Å². The van der Waals surface area contributed by atoms with Gasteiger partial charge in [-0.05, 0) is 38.1 Å². The molecule has 0 saturated heterocycles. The van der Waals surface area contributed by atoms with Gasteiger partial charge in [0, 0.05) is 24.4 Å². The number of pyridine rings is 1. The van der Waals surface area contributed by atoms with Gasteiger partial charge in [0.1, 0.15) is 6.61 Å². The van der Waals surface area contributed by atoms with Gasteiger partial charge >= 0.3 is 5.97 Å². The Morgan fingerprint density at radius 1 is 1.28 bits per heavy atom. The lowest BCUT2D eigenvalue weighted by Crippen LogP contribution is -2.29. The number of benzene rings is 1. The molecule has 1 aromatic heterocycles. The summed E-state index contributed by atoms with van der Waals surface area (Å²) in [5, 5.41) is 11.5. The number of nitrogens with one attached hydrogen (secondary N) is 1. The predicted molar refractivity (Wildman–Crippen MR) is 89.6 cm³/mol. The van der Waals surface area contributed by atoms with Crippen molar-refractivity contribution in [1.82, 2.24) is 4.98 Å². The zero-order valence-corrected chi connectivity index (χ0v) is 14.0. The van der Waals surface area contributed by atoms with E-state index in [4.69, 9.17) is 9.84 Å². The average Bonchev–Trinajstić information content (AvgIpc) is 2.54. The minimum atomic E-state index is -1.20. The van der Waals surface area contributed by atoms with Gasteiger partial charge in [0.2, 0.25) is 5.91 Å². The molecule has 7 heteroatoms. The predicted octanol–water partition coefficient (Wildman–Crippen LogP) is 3.24. The Hall–Kier alpha value is -2.96. The van der Waals surface area contributed by atoms with Crippen molar-refractivity contribution in [3.63, 3.8) is 0 Å². The van der Waals surface area contributed by atoms with E-state index in [0.717, 1.165) is 6.07 Å². The molecule has 0 spiro atoms. The molecule has 132 valence electrons. The summed E-state index contributed by atoms with van der Waals surface area (Å²) in [6.45, 7) is 3.02. The molecular formula is C18H19FN2O4. The monoisotopic (exact) mass is 346 g/mol. The standard InChI is InChI=1S/C18H19FN2O4/c1-18(2,17(23)24)10-16(22)21-12-6-7-15(14(19)9-12)25-11-13-5-3-4-8-20-13/h3-9H,10-11H2,1-2H3,(H,21,22)(H,23,24). The fraction of sp³-hybridized carbons (Fsp3) is 0.278. The second kappa shape index (κ2) is 7.74. The molecule has 0 aliphatic carbocycles. The van der Waals surface area contributed by atoms with Crippen LogP contribution >= 0.6 is 0 Å². The van der Waals surface area contributed by atoms with Crippen molar-refractivity contribution in [2.24, 2.45) is 5.41 Å². The topological polar surface area (TPSA) is 88.5 Å². The summed E-state index contributed by atoms with van der Waals surface area (Å²) in [5.74, 6) is -2.18. The minimum absolute atomic E-state index is 0.0366. The van der Waals surface area contributed by atoms with Gasteiger partial charge in [-0.1, -0.05) is 6.07 Å². The van der Waals surface area contributed by atoms with Crippen LogP contribution in [0.25, 0.3) is 0 Å². The zero-order valence-electron chi connectivity index (χ0n) is 14.0. The van der Waals surface area contributed by atoms with Gasteiger partial charge in [-0.2, -0.15) is 0 Å². The van der Waals surface area contributed by atoms with Gasteiger partial charge < -0.3 is 15.2 Å². The van der Waals surface area contributed by atoms with Crippen LogP contribution in [-0.4, -0.2) is 22.0 Å². The minimum Gasteiger partial charge on any atom is -0.484 e. The lowest BCUT2D eigenvalue weighted by Gasteiger charge is -2.18. The van der Waals surface area contributed by atoms with E-state index in [-0.39, 0.29) is 24.5 Å². The van der Waals surface area contributed by atoms with Crippen LogP contribution in [-0.2, 0) is 16.2 Å². The zero-order chi connectivity index (χ0) is 18.4. The number of ether oxygens (including phenoxy) is 1. The number of carboxylic acid groups (broad SMARTS) is 1. The number of aromatic nitrogens is 1. The summed E-state index contributed by atoms with van der Waals surface area (Å²) < 4.78 is 19.4. The van der Waals surface area contributed by atoms with Crippen molar-refractivity contribution in [2.45, 2.75) is 26.9 Å². The van der Waals surface area contributed by atoms with Crippen molar-refractivity contribution in [3.8, 4) is 5.75 Å². The van der Waals surface area contributed by atoms with Crippen LogP contribution in [0, 0.1) is 11.2 Å². The van der Waals surface area contributed by atoms with Gasteiger partial charge in [-0.15, -0.1) is 0 Å². The number of nitrogens with zero attached hydrogens (tertiary/aromatic N) is 1. The first kappa shape index (κ1) is 18.4. The SMILES string of the molecule is CC(C)(CC(=O)Nc1ccc(OCc2ccccn2)c(F)c1)C(=O)O. The fourth-order valence-corrected chi connectivity index (χ4v) is 2.01. The quantitative estimate of drug-likeness (QED) is 0.803. The van der Waals surface area contributed by atoms with E-state index in [2.05, 4.69) is 10.3 Å². The second-order valence-electron chi connectivity index (χ2n) is 6.17. The van der Waals surface area contributed by atoms with Crippen molar-refractivity contribution < 1.29 is 23.8 Å². The number of hydrogen-bond donors (Lipinski definition) is 2. The molecule has 0 unspecified atom stereocenters. The first-order valence-electron chi connectivity index (χ1n) is 7.63.